The predicted molar refractivity (Wildman–Crippen MR) is 80.1 cm³/mol. The molecule has 0 spiro atoms. The maximum Gasteiger partial charge on any atom is 0.509 e. The third-order valence-corrected chi connectivity index (χ3v) is 2.37. The lowest BCUT2D eigenvalue weighted by Gasteiger charge is -2.07. The number of carbonyl (C=O) groups is 2. The maximum absolute atomic E-state index is 11.3. The fourth-order valence-electron chi connectivity index (χ4n) is 1.41. The highest BCUT2D eigenvalue weighted by molar-refractivity contribution is 5.84. The van der Waals surface area contributed by atoms with Crippen LogP contribution in [0.4, 0.5) is 15.3 Å². The molecule has 0 fully saturated rings. The van der Waals surface area contributed by atoms with Crippen molar-refractivity contribution in [3.8, 4) is 24.7 Å². The Bertz CT molecular complexity index is 580. The molecule has 0 saturated heterocycles. The monoisotopic (exact) mass is 301 g/mol. The lowest BCUT2D eigenvalue weighted by atomic mass is 10.1. The first-order valence-corrected chi connectivity index (χ1v) is 6.35. The van der Waals surface area contributed by atoms with Gasteiger partial charge in [-0.15, -0.1) is 12.8 Å². The van der Waals surface area contributed by atoms with Crippen LogP contribution in [0.5, 0.6) is 0 Å². The Morgan fingerprint density at radius 3 is 2.27 bits per heavy atom. The summed E-state index contributed by atoms with van der Waals surface area (Å²) in [4.78, 5) is 22.3. The molecule has 0 aliphatic heterocycles. The summed E-state index contributed by atoms with van der Waals surface area (Å²) in [5, 5.41) is 2.52. The van der Waals surface area contributed by atoms with Crippen LogP contribution in [0.3, 0.4) is 0 Å². The van der Waals surface area contributed by atoms with E-state index >= 15 is 0 Å². The third kappa shape index (κ3) is 6.88. The van der Waals surface area contributed by atoms with Crippen LogP contribution in [0.25, 0.3) is 0 Å². The first-order valence-electron chi connectivity index (χ1n) is 6.35. The largest absolute Gasteiger partial charge is 0.509 e. The highest BCUT2D eigenvalue weighted by Crippen LogP contribution is 2.10. The molecule has 1 aromatic carbocycles. The summed E-state index contributed by atoms with van der Waals surface area (Å²) in [6.45, 7) is -0.0353. The Morgan fingerprint density at radius 2 is 1.64 bits per heavy atom. The number of hydrogen-bond acceptors (Lipinski definition) is 5. The smallest absolute Gasteiger partial charge is 0.436 e. The molecule has 6 nitrogen and oxygen atoms in total. The van der Waals surface area contributed by atoms with Crippen LogP contribution >= 0.6 is 0 Å². The minimum absolute atomic E-state index is 0.0863. The van der Waals surface area contributed by atoms with E-state index in [-0.39, 0.29) is 19.8 Å². The molecule has 0 atom stereocenters. The van der Waals surface area contributed by atoms with E-state index in [9.17, 15) is 9.59 Å². The standard InChI is InChI=1S/C16H15NO5/c1-3-10-20-15(18)17-14-7-5-13(6-8-14)9-12-22-16(19)21-11-4-2/h1-2,5-8H,9-12H2,(H,17,18). The molecule has 1 amide bonds. The summed E-state index contributed by atoms with van der Waals surface area (Å²) in [5.74, 6) is 4.36. The van der Waals surface area contributed by atoms with Crippen LogP contribution in [-0.4, -0.2) is 32.1 Å². The number of rotatable bonds is 6. The average Bonchev–Trinajstić information content (AvgIpc) is 2.52. The van der Waals surface area contributed by atoms with Gasteiger partial charge in [0.1, 0.15) is 0 Å². The van der Waals surface area contributed by atoms with Crippen LogP contribution in [0, 0.1) is 24.7 Å². The Hall–Kier alpha value is -3.12. The van der Waals surface area contributed by atoms with E-state index in [0.29, 0.717) is 12.1 Å². The van der Waals surface area contributed by atoms with E-state index in [1.165, 1.54) is 0 Å². The summed E-state index contributed by atoms with van der Waals surface area (Å²) in [5.41, 5.74) is 1.49. The zero-order chi connectivity index (χ0) is 16.2. The molecule has 0 aliphatic rings. The number of nitrogens with one attached hydrogen (secondary N) is 1. The van der Waals surface area contributed by atoms with Crippen molar-refractivity contribution in [3.63, 3.8) is 0 Å². The van der Waals surface area contributed by atoms with Crippen molar-refractivity contribution < 1.29 is 23.8 Å². The van der Waals surface area contributed by atoms with Crippen molar-refractivity contribution in [3.05, 3.63) is 29.8 Å². The highest BCUT2D eigenvalue weighted by Gasteiger charge is 2.04. The normalized spacial score (nSPS) is 9.00. The van der Waals surface area contributed by atoms with Gasteiger partial charge < -0.3 is 14.2 Å². The van der Waals surface area contributed by atoms with E-state index in [1.807, 2.05) is 0 Å². The Balaban J connectivity index is 2.33. The van der Waals surface area contributed by atoms with E-state index in [4.69, 9.17) is 17.6 Å². The van der Waals surface area contributed by atoms with Gasteiger partial charge >= 0.3 is 12.2 Å². The molecule has 0 bridgehead atoms. The van der Waals surface area contributed by atoms with Crippen LogP contribution in [-0.2, 0) is 20.6 Å². The zero-order valence-corrected chi connectivity index (χ0v) is 11.8. The molecule has 0 saturated carbocycles. The number of carbonyl (C=O) groups excluding carboxylic acids is 2. The van der Waals surface area contributed by atoms with Gasteiger partial charge in [0.05, 0.1) is 6.61 Å². The van der Waals surface area contributed by atoms with E-state index < -0.39 is 12.2 Å². The fraction of sp³-hybridized carbons (Fsp3) is 0.250. The van der Waals surface area contributed by atoms with Crippen molar-refractivity contribution in [1.82, 2.24) is 0 Å². The molecule has 0 unspecified atom stereocenters. The van der Waals surface area contributed by atoms with Crippen LogP contribution in [0.2, 0.25) is 0 Å². The second-order valence-corrected chi connectivity index (χ2v) is 3.94. The molecule has 6 heteroatoms. The molecular weight excluding hydrogens is 286 g/mol. The lowest BCUT2D eigenvalue weighted by molar-refractivity contribution is 0.0654. The Morgan fingerprint density at radius 1 is 1.00 bits per heavy atom. The van der Waals surface area contributed by atoms with Gasteiger partial charge in [-0.3, -0.25) is 5.32 Å². The highest BCUT2D eigenvalue weighted by atomic mass is 16.7. The van der Waals surface area contributed by atoms with Gasteiger partial charge in [0, 0.05) is 12.1 Å². The number of anilines is 1. The fourth-order valence-corrected chi connectivity index (χ4v) is 1.41. The van der Waals surface area contributed by atoms with Gasteiger partial charge in [-0.2, -0.15) is 0 Å². The number of terminal acetylenes is 2. The van der Waals surface area contributed by atoms with Crippen LogP contribution < -0.4 is 5.32 Å². The van der Waals surface area contributed by atoms with E-state index in [0.717, 1.165) is 5.56 Å². The molecule has 1 rings (SSSR count). The van der Waals surface area contributed by atoms with Crippen molar-refractivity contribution in [1.29, 1.82) is 0 Å². The van der Waals surface area contributed by atoms with Crippen molar-refractivity contribution >= 4 is 17.9 Å². The first kappa shape index (κ1) is 16.9. The third-order valence-electron chi connectivity index (χ3n) is 2.37. The summed E-state index contributed by atoms with van der Waals surface area (Å²) in [6, 6.07) is 6.96. The van der Waals surface area contributed by atoms with Gasteiger partial charge in [-0.25, -0.2) is 9.59 Å². The molecule has 22 heavy (non-hydrogen) atoms. The molecule has 114 valence electrons. The van der Waals surface area contributed by atoms with Gasteiger partial charge in [-0.1, -0.05) is 24.0 Å². The summed E-state index contributed by atoms with van der Waals surface area (Å²) in [7, 11) is 0. The quantitative estimate of drug-likeness (QED) is 0.644. The lowest BCUT2D eigenvalue weighted by Crippen LogP contribution is -2.13. The second kappa shape index (κ2) is 9.73. The maximum atomic E-state index is 11.3. The molecule has 0 heterocycles. The molecule has 1 aromatic rings. The van der Waals surface area contributed by atoms with Crippen molar-refractivity contribution in [2.75, 3.05) is 25.1 Å². The summed E-state index contributed by atoms with van der Waals surface area (Å²) >= 11 is 0. The van der Waals surface area contributed by atoms with Gasteiger partial charge in [0.25, 0.3) is 0 Å². The topological polar surface area (TPSA) is 73.9 Å². The van der Waals surface area contributed by atoms with Crippen molar-refractivity contribution in [2.24, 2.45) is 0 Å². The summed E-state index contributed by atoms with van der Waals surface area (Å²) < 4.78 is 14.1. The number of ether oxygens (including phenoxy) is 3. The molecule has 0 aliphatic carbocycles. The first-order chi connectivity index (χ1) is 10.7. The zero-order valence-electron chi connectivity index (χ0n) is 11.8. The van der Waals surface area contributed by atoms with E-state index in [2.05, 4.69) is 26.6 Å². The molecular formula is C16H15NO5. The van der Waals surface area contributed by atoms with Gasteiger partial charge in [0.15, 0.2) is 13.2 Å². The number of hydrogen-bond donors (Lipinski definition) is 1. The van der Waals surface area contributed by atoms with Crippen LogP contribution in [0.15, 0.2) is 24.3 Å². The minimum atomic E-state index is -0.799. The second-order valence-electron chi connectivity index (χ2n) is 3.94. The molecule has 0 radical (unpaired) electrons. The van der Waals surface area contributed by atoms with Gasteiger partial charge in [-0.05, 0) is 17.7 Å². The average molecular weight is 301 g/mol. The minimum Gasteiger partial charge on any atom is -0.436 e. The van der Waals surface area contributed by atoms with Gasteiger partial charge in [0.2, 0.25) is 0 Å². The number of amides is 1. The summed E-state index contributed by atoms with van der Waals surface area (Å²) in [6.07, 6.45) is 9.00. The van der Waals surface area contributed by atoms with Crippen molar-refractivity contribution in [2.45, 2.75) is 6.42 Å². The Labute approximate surface area is 128 Å². The predicted octanol–water partition coefficient (Wildman–Crippen LogP) is 2.20. The van der Waals surface area contributed by atoms with E-state index in [1.54, 1.807) is 24.3 Å². The molecule has 1 N–H and O–H groups in total. The molecule has 0 aromatic heterocycles. The Kier molecular flexibility index (Phi) is 7.49. The van der Waals surface area contributed by atoms with Crippen LogP contribution in [0.1, 0.15) is 5.56 Å². The SMILES string of the molecule is C#CCOC(=O)Nc1ccc(CCOC(=O)OCC#C)cc1. The number of benzene rings is 1.